The van der Waals surface area contributed by atoms with Crippen LogP contribution in [0.1, 0.15) is 21.8 Å². The molecule has 0 aliphatic rings. The number of amides is 1. The Hall–Kier alpha value is -1.76. The van der Waals surface area contributed by atoms with Crippen LogP contribution in [0.4, 0.5) is 0 Å². The van der Waals surface area contributed by atoms with Gasteiger partial charge in [-0.1, -0.05) is 27.5 Å². The standard InChI is InChI=1S/C18H15BrClN3OS/c19-13-3-4-14(15(20)10-13)18(24)22-7-1-2-17-23-16(11-25-17)12-5-8-21-9-6-12/h3-6,8-11H,1-2,7H2,(H,22,24). The fourth-order valence-corrected chi connectivity index (χ4v) is 3.90. The average Bonchev–Trinajstić information content (AvgIpc) is 3.08. The third kappa shape index (κ3) is 4.87. The van der Waals surface area contributed by atoms with Gasteiger partial charge in [0.05, 0.1) is 21.3 Å². The number of hydrogen-bond donors (Lipinski definition) is 1. The Labute approximate surface area is 163 Å². The van der Waals surface area contributed by atoms with Crippen molar-refractivity contribution >= 4 is 44.8 Å². The first-order valence-corrected chi connectivity index (χ1v) is 9.76. The lowest BCUT2D eigenvalue weighted by Crippen LogP contribution is -2.25. The minimum Gasteiger partial charge on any atom is -0.352 e. The molecule has 0 spiro atoms. The van der Waals surface area contributed by atoms with Crippen LogP contribution in [0, 0.1) is 0 Å². The molecular formula is C18H15BrClN3OS. The van der Waals surface area contributed by atoms with Crippen molar-refractivity contribution in [1.82, 2.24) is 15.3 Å². The SMILES string of the molecule is O=C(NCCCc1nc(-c2ccncc2)cs1)c1ccc(Br)cc1Cl. The number of benzene rings is 1. The van der Waals surface area contributed by atoms with E-state index in [0.29, 0.717) is 17.1 Å². The van der Waals surface area contributed by atoms with Gasteiger partial charge in [0, 0.05) is 40.8 Å². The van der Waals surface area contributed by atoms with Crippen molar-refractivity contribution in [3.8, 4) is 11.3 Å². The molecule has 25 heavy (non-hydrogen) atoms. The number of thiazole rings is 1. The lowest BCUT2D eigenvalue weighted by Gasteiger charge is -2.06. The van der Waals surface area contributed by atoms with Crippen molar-refractivity contribution in [3.05, 3.63) is 68.2 Å². The molecule has 3 rings (SSSR count). The quantitative estimate of drug-likeness (QED) is 0.554. The maximum Gasteiger partial charge on any atom is 0.252 e. The number of nitrogens with zero attached hydrogens (tertiary/aromatic N) is 2. The van der Waals surface area contributed by atoms with Crippen LogP contribution in [-0.4, -0.2) is 22.4 Å². The first kappa shape index (κ1) is 18.0. The molecule has 1 amide bonds. The lowest BCUT2D eigenvalue weighted by atomic mass is 10.2. The Bertz CT molecular complexity index is 870. The van der Waals surface area contributed by atoms with E-state index in [-0.39, 0.29) is 5.91 Å². The fraction of sp³-hybridized carbons (Fsp3) is 0.167. The average molecular weight is 437 g/mol. The summed E-state index contributed by atoms with van der Waals surface area (Å²) in [4.78, 5) is 20.8. The minimum absolute atomic E-state index is 0.158. The highest BCUT2D eigenvalue weighted by Crippen LogP contribution is 2.22. The number of rotatable bonds is 6. The lowest BCUT2D eigenvalue weighted by molar-refractivity contribution is 0.0953. The molecule has 0 saturated heterocycles. The van der Waals surface area contributed by atoms with Crippen molar-refractivity contribution in [2.45, 2.75) is 12.8 Å². The van der Waals surface area contributed by atoms with E-state index in [2.05, 4.69) is 31.2 Å². The number of hydrogen-bond acceptors (Lipinski definition) is 4. The summed E-state index contributed by atoms with van der Waals surface area (Å²) in [6, 6.07) is 9.12. The van der Waals surface area contributed by atoms with Crippen molar-refractivity contribution in [2.75, 3.05) is 6.54 Å². The van der Waals surface area contributed by atoms with E-state index >= 15 is 0 Å². The molecule has 0 radical (unpaired) electrons. The highest BCUT2D eigenvalue weighted by atomic mass is 79.9. The van der Waals surface area contributed by atoms with E-state index in [1.165, 1.54) is 0 Å². The van der Waals surface area contributed by atoms with Crippen LogP contribution in [0.2, 0.25) is 5.02 Å². The molecule has 2 aromatic heterocycles. The van der Waals surface area contributed by atoms with Gasteiger partial charge in [-0.15, -0.1) is 11.3 Å². The molecular weight excluding hydrogens is 422 g/mol. The van der Waals surface area contributed by atoms with Gasteiger partial charge in [0.15, 0.2) is 0 Å². The van der Waals surface area contributed by atoms with Crippen LogP contribution in [0.5, 0.6) is 0 Å². The summed E-state index contributed by atoms with van der Waals surface area (Å²) in [7, 11) is 0. The Kier molecular flexibility index (Phi) is 6.18. The minimum atomic E-state index is -0.158. The van der Waals surface area contributed by atoms with Gasteiger partial charge in [0.2, 0.25) is 0 Å². The second-order valence-electron chi connectivity index (χ2n) is 5.35. The van der Waals surface area contributed by atoms with Crippen molar-refractivity contribution in [2.24, 2.45) is 0 Å². The van der Waals surface area contributed by atoms with Crippen LogP contribution in [0.15, 0.2) is 52.6 Å². The number of pyridine rings is 1. The van der Waals surface area contributed by atoms with E-state index in [9.17, 15) is 4.79 Å². The normalized spacial score (nSPS) is 10.6. The maximum atomic E-state index is 12.1. The molecule has 0 atom stereocenters. The smallest absolute Gasteiger partial charge is 0.252 e. The summed E-state index contributed by atoms with van der Waals surface area (Å²) >= 11 is 11.1. The van der Waals surface area contributed by atoms with Gasteiger partial charge < -0.3 is 5.32 Å². The van der Waals surface area contributed by atoms with Gasteiger partial charge in [-0.3, -0.25) is 9.78 Å². The van der Waals surface area contributed by atoms with E-state index < -0.39 is 0 Å². The third-order valence-electron chi connectivity index (χ3n) is 3.56. The third-order valence-corrected chi connectivity index (χ3v) is 5.27. The summed E-state index contributed by atoms with van der Waals surface area (Å²) in [5.41, 5.74) is 2.52. The molecule has 0 bridgehead atoms. The largest absolute Gasteiger partial charge is 0.352 e. The molecule has 0 aliphatic heterocycles. The number of aryl methyl sites for hydroxylation is 1. The monoisotopic (exact) mass is 435 g/mol. The number of halogens is 2. The fourth-order valence-electron chi connectivity index (χ4n) is 2.29. The predicted octanol–water partition coefficient (Wildman–Crippen LogP) is 4.98. The first-order valence-electron chi connectivity index (χ1n) is 7.71. The van der Waals surface area contributed by atoms with E-state index in [1.807, 2.05) is 17.5 Å². The molecule has 128 valence electrons. The summed E-state index contributed by atoms with van der Waals surface area (Å²) in [6.45, 7) is 0.579. The molecule has 4 nitrogen and oxygen atoms in total. The maximum absolute atomic E-state index is 12.1. The summed E-state index contributed by atoms with van der Waals surface area (Å²) in [5, 5.41) is 6.44. The van der Waals surface area contributed by atoms with Gasteiger partial charge in [0.1, 0.15) is 0 Å². The Morgan fingerprint density at radius 3 is 2.80 bits per heavy atom. The Morgan fingerprint density at radius 2 is 2.04 bits per heavy atom. The Balaban J connectivity index is 1.49. The first-order chi connectivity index (χ1) is 12.1. The molecule has 7 heteroatoms. The van der Waals surface area contributed by atoms with Gasteiger partial charge >= 0.3 is 0 Å². The highest BCUT2D eigenvalue weighted by molar-refractivity contribution is 9.10. The second-order valence-corrected chi connectivity index (χ2v) is 7.61. The van der Waals surface area contributed by atoms with Crippen LogP contribution in [-0.2, 0) is 6.42 Å². The zero-order chi connectivity index (χ0) is 17.6. The van der Waals surface area contributed by atoms with Gasteiger partial charge in [-0.2, -0.15) is 0 Å². The molecule has 1 aromatic carbocycles. The predicted molar refractivity (Wildman–Crippen MR) is 105 cm³/mol. The number of carbonyl (C=O) groups excluding carboxylic acids is 1. The molecule has 0 saturated carbocycles. The van der Waals surface area contributed by atoms with Gasteiger partial charge in [0.25, 0.3) is 5.91 Å². The number of carbonyl (C=O) groups is 1. The van der Waals surface area contributed by atoms with E-state index in [0.717, 1.165) is 33.6 Å². The topological polar surface area (TPSA) is 54.9 Å². The zero-order valence-electron chi connectivity index (χ0n) is 13.2. The molecule has 0 fully saturated rings. The summed E-state index contributed by atoms with van der Waals surface area (Å²) < 4.78 is 0.850. The Morgan fingerprint density at radius 1 is 1.24 bits per heavy atom. The van der Waals surface area contributed by atoms with Crippen LogP contribution in [0.25, 0.3) is 11.3 Å². The van der Waals surface area contributed by atoms with Crippen molar-refractivity contribution in [1.29, 1.82) is 0 Å². The van der Waals surface area contributed by atoms with Gasteiger partial charge in [-0.25, -0.2) is 4.98 Å². The van der Waals surface area contributed by atoms with Crippen LogP contribution >= 0.6 is 38.9 Å². The van der Waals surface area contributed by atoms with E-state index in [4.69, 9.17) is 11.6 Å². The van der Waals surface area contributed by atoms with Crippen LogP contribution in [0.3, 0.4) is 0 Å². The molecule has 3 aromatic rings. The van der Waals surface area contributed by atoms with Crippen molar-refractivity contribution in [3.63, 3.8) is 0 Å². The number of aromatic nitrogens is 2. The van der Waals surface area contributed by atoms with Crippen LogP contribution < -0.4 is 5.32 Å². The zero-order valence-corrected chi connectivity index (χ0v) is 16.4. The highest BCUT2D eigenvalue weighted by Gasteiger charge is 2.10. The summed E-state index contributed by atoms with van der Waals surface area (Å²) in [6.07, 6.45) is 5.17. The molecule has 0 unspecified atom stereocenters. The van der Waals surface area contributed by atoms with Gasteiger partial charge in [-0.05, 0) is 36.8 Å². The summed E-state index contributed by atoms with van der Waals surface area (Å²) in [5.74, 6) is -0.158. The van der Waals surface area contributed by atoms with E-state index in [1.54, 1.807) is 41.9 Å². The van der Waals surface area contributed by atoms with Crippen molar-refractivity contribution < 1.29 is 4.79 Å². The molecule has 2 heterocycles. The number of nitrogens with one attached hydrogen (secondary N) is 1. The molecule has 0 aliphatic carbocycles. The molecule has 1 N–H and O–H groups in total. The second kappa shape index (κ2) is 8.56.